The highest BCUT2D eigenvalue weighted by molar-refractivity contribution is 6.08. The minimum Gasteiger partial charge on any atom is -0.351 e. The summed E-state index contributed by atoms with van der Waals surface area (Å²) in [4.78, 5) is 30.0. The zero-order valence-corrected chi connectivity index (χ0v) is 22.9. The molecule has 1 aromatic heterocycles. The molecule has 3 aliphatic rings. The standard InChI is InChI=1S/C33H35FN2O2/c1-32(2)14-25-30(27(37)16-32)29(31-26(35(25)5)15-33(3,4)17-28(31)38)23-19-36(24-9-7-6-8-22(23)24)18-20-10-12-21(34)13-11-20/h6-13,19,29H,14-18H2,1-5H3. The van der Waals surface area contributed by atoms with E-state index in [1.807, 2.05) is 19.2 Å². The molecular weight excluding hydrogens is 475 g/mol. The number of para-hydroxylation sites is 1. The molecule has 3 aromatic rings. The lowest BCUT2D eigenvalue weighted by Crippen LogP contribution is -2.43. The van der Waals surface area contributed by atoms with E-state index < -0.39 is 0 Å². The molecule has 0 unspecified atom stereocenters. The van der Waals surface area contributed by atoms with Crippen molar-refractivity contribution in [3.05, 3.63) is 94.2 Å². The van der Waals surface area contributed by atoms with Gasteiger partial charge in [0, 0.05) is 72.0 Å². The Kier molecular flexibility index (Phi) is 5.57. The van der Waals surface area contributed by atoms with Crippen LogP contribution in [0.2, 0.25) is 0 Å². The average Bonchev–Trinajstić information content (AvgIpc) is 3.19. The molecule has 0 spiro atoms. The third kappa shape index (κ3) is 4.03. The van der Waals surface area contributed by atoms with Crippen LogP contribution in [0.15, 0.2) is 77.3 Å². The SMILES string of the molecule is CN1C2=C(C(=O)CC(C)(C)C2)C(c2cn(Cc3ccc(F)cc3)c3ccccc23)C2=C1CC(C)(C)CC2=O. The number of rotatable bonds is 3. The summed E-state index contributed by atoms with van der Waals surface area (Å²) in [5, 5.41) is 1.05. The Balaban J connectivity index is 1.58. The van der Waals surface area contributed by atoms with Gasteiger partial charge in [0.15, 0.2) is 11.6 Å². The zero-order chi connectivity index (χ0) is 27.0. The first-order valence-corrected chi connectivity index (χ1v) is 13.5. The van der Waals surface area contributed by atoms with Crippen LogP contribution in [0.1, 0.15) is 70.4 Å². The number of hydrogen-bond donors (Lipinski definition) is 0. The number of benzene rings is 2. The number of halogens is 1. The molecular formula is C33H35FN2O2. The quantitative estimate of drug-likeness (QED) is 0.376. The van der Waals surface area contributed by atoms with Gasteiger partial charge in [-0.1, -0.05) is 58.0 Å². The largest absolute Gasteiger partial charge is 0.351 e. The maximum Gasteiger partial charge on any atom is 0.162 e. The number of ketones is 2. The van der Waals surface area contributed by atoms with Crippen molar-refractivity contribution in [3.63, 3.8) is 0 Å². The van der Waals surface area contributed by atoms with Crippen LogP contribution >= 0.6 is 0 Å². The van der Waals surface area contributed by atoms with E-state index in [4.69, 9.17) is 0 Å². The van der Waals surface area contributed by atoms with E-state index in [1.165, 1.54) is 12.1 Å². The van der Waals surface area contributed by atoms with Gasteiger partial charge < -0.3 is 9.47 Å². The Morgan fingerprint density at radius 1 is 0.816 bits per heavy atom. The van der Waals surface area contributed by atoms with E-state index in [1.54, 1.807) is 12.1 Å². The van der Waals surface area contributed by atoms with Gasteiger partial charge in [0.25, 0.3) is 0 Å². The van der Waals surface area contributed by atoms with Gasteiger partial charge in [-0.2, -0.15) is 0 Å². The maximum atomic E-state index is 13.9. The van der Waals surface area contributed by atoms with Crippen molar-refractivity contribution in [1.82, 2.24) is 9.47 Å². The number of Topliss-reactive ketones (excluding diaryl/α,β-unsaturated/α-hetero) is 2. The summed E-state index contributed by atoms with van der Waals surface area (Å²) in [5.41, 5.74) is 6.51. The molecule has 1 aliphatic heterocycles. The van der Waals surface area contributed by atoms with Crippen molar-refractivity contribution in [3.8, 4) is 0 Å². The van der Waals surface area contributed by atoms with Crippen LogP contribution in [0.5, 0.6) is 0 Å². The van der Waals surface area contributed by atoms with Crippen molar-refractivity contribution in [2.45, 2.75) is 65.8 Å². The summed E-state index contributed by atoms with van der Waals surface area (Å²) < 4.78 is 15.7. The fourth-order valence-electron chi connectivity index (χ4n) is 6.90. The monoisotopic (exact) mass is 510 g/mol. The van der Waals surface area contributed by atoms with Gasteiger partial charge in [-0.15, -0.1) is 0 Å². The summed E-state index contributed by atoms with van der Waals surface area (Å²) in [6, 6.07) is 14.8. The second-order valence-corrected chi connectivity index (χ2v) is 13.0. The molecule has 196 valence electrons. The van der Waals surface area contributed by atoms with Crippen LogP contribution in [-0.2, 0) is 16.1 Å². The van der Waals surface area contributed by atoms with E-state index in [2.05, 4.69) is 55.5 Å². The van der Waals surface area contributed by atoms with Crippen molar-refractivity contribution in [2.24, 2.45) is 10.8 Å². The molecule has 0 N–H and O–H groups in total. The molecule has 0 atom stereocenters. The molecule has 0 bridgehead atoms. The number of aromatic nitrogens is 1. The number of nitrogens with zero attached hydrogens (tertiary/aromatic N) is 2. The number of allylic oxidation sites excluding steroid dienone is 4. The molecule has 2 aromatic carbocycles. The first kappa shape index (κ1) is 24.8. The zero-order valence-electron chi connectivity index (χ0n) is 22.9. The molecule has 0 saturated heterocycles. The number of carbonyl (C=O) groups is 2. The van der Waals surface area contributed by atoms with Crippen LogP contribution < -0.4 is 0 Å². The average molecular weight is 511 g/mol. The Hall–Kier alpha value is -3.47. The minimum absolute atomic E-state index is 0.127. The van der Waals surface area contributed by atoms with Crippen LogP contribution in [0, 0.1) is 16.6 Å². The highest BCUT2D eigenvalue weighted by Gasteiger charge is 2.48. The molecule has 0 radical (unpaired) electrons. The lowest BCUT2D eigenvalue weighted by atomic mass is 9.64. The lowest BCUT2D eigenvalue weighted by molar-refractivity contribution is -0.119. The van der Waals surface area contributed by atoms with Gasteiger partial charge in [0.1, 0.15) is 5.82 Å². The molecule has 0 saturated carbocycles. The molecule has 2 heterocycles. The number of hydrogen-bond acceptors (Lipinski definition) is 3. The van der Waals surface area contributed by atoms with Crippen molar-refractivity contribution in [2.75, 3.05) is 7.05 Å². The topological polar surface area (TPSA) is 42.3 Å². The van der Waals surface area contributed by atoms with Crippen LogP contribution in [0.25, 0.3) is 10.9 Å². The summed E-state index contributed by atoms with van der Waals surface area (Å²) in [6.45, 7) is 9.21. The highest BCUT2D eigenvalue weighted by Crippen LogP contribution is 2.54. The predicted molar refractivity (Wildman–Crippen MR) is 148 cm³/mol. The summed E-state index contributed by atoms with van der Waals surface area (Å²) >= 11 is 0. The predicted octanol–water partition coefficient (Wildman–Crippen LogP) is 7.14. The van der Waals surface area contributed by atoms with Crippen LogP contribution in [0.3, 0.4) is 0 Å². The normalized spacial score (nSPS) is 21.3. The third-order valence-electron chi connectivity index (χ3n) is 8.58. The van der Waals surface area contributed by atoms with Crippen molar-refractivity contribution in [1.29, 1.82) is 0 Å². The molecule has 38 heavy (non-hydrogen) atoms. The third-order valence-corrected chi connectivity index (χ3v) is 8.58. The van der Waals surface area contributed by atoms with Gasteiger partial charge in [0.2, 0.25) is 0 Å². The van der Waals surface area contributed by atoms with Gasteiger partial charge in [-0.25, -0.2) is 4.39 Å². The Bertz CT molecular complexity index is 1500. The molecule has 0 fully saturated rings. The van der Waals surface area contributed by atoms with Crippen LogP contribution in [0.4, 0.5) is 4.39 Å². The van der Waals surface area contributed by atoms with Crippen molar-refractivity contribution >= 4 is 22.5 Å². The molecule has 4 nitrogen and oxygen atoms in total. The molecule has 6 rings (SSSR count). The minimum atomic E-state index is -0.372. The Labute approximate surface area is 223 Å². The van der Waals surface area contributed by atoms with Gasteiger partial charge in [0.05, 0.1) is 0 Å². The number of fused-ring (bicyclic) bond motifs is 1. The summed E-state index contributed by atoms with van der Waals surface area (Å²) in [7, 11) is 2.04. The molecule has 0 amide bonds. The Morgan fingerprint density at radius 3 is 1.95 bits per heavy atom. The van der Waals surface area contributed by atoms with Gasteiger partial charge >= 0.3 is 0 Å². The smallest absolute Gasteiger partial charge is 0.162 e. The summed E-state index contributed by atoms with van der Waals surface area (Å²) in [6.07, 6.45) is 4.69. The first-order valence-electron chi connectivity index (χ1n) is 13.5. The van der Waals surface area contributed by atoms with E-state index in [-0.39, 0.29) is 34.1 Å². The van der Waals surface area contributed by atoms with E-state index in [0.717, 1.165) is 57.4 Å². The van der Waals surface area contributed by atoms with E-state index in [0.29, 0.717) is 19.4 Å². The maximum absolute atomic E-state index is 13.9. The lowest BCUT2D eigenvalue weighted by Gasteiger charge is -2.47. The Morgan fingerprint density at radius 2 is 1.37 bits per heavy atom. The summed E-state index contributed by atoms with van der Waals surface area (Å²) in [5.74, 6) is -0.336. The van der Waals surface area contributed by atoms with Crippen molar-refractivity contribution < 1.29 is 14.0 Å². The first-order chi connectivity index (χ1) is 17.9. The fourth-order valence-corrected chi connectivity index (χ4v) is 6.90. The fraction of sp³-hybridized carbons (Fsp3) is 0.394. The second kappa shape index (κ2) is 8.52. The van der Waals surface area contributed by atoms with Gasteiger partial charge in [-0.05, 0) is 53.0 Å². The second-order valence-electron chi connectivity index (χ2n) is 13.0. The molecule has 2 aliphatic carbocycles. The molecule has 5 heteroatoms. The van der Waals surface area contributed by atoms with E-state index >= 15 is 0 Å². The number of carbonyl (C=O) groups excluding carboxylic acids is 2. The highest BCUT2D eigenvalue weighted by atomic mass is 19.1. The van der Waals surface area contributed by atoms with E-state index in [9.17, 15) is 14.0 Å². The van der Waals surface area contributed by atoms with Gasteiger partial charge in [-0.3, -0.25) is 9.59 Å². The van der Waals surface area contributed by atoms with Crippen LogP contribution in [-0.4, -0.2) is 28.1 Å².